The van der Waals surface area contributed by atoms with Crippen LogP contribution in [0, 0.1) is 15.9 Å². The highest BCUT2D eigenvalue weighted by atomic mass is 19.1. The summed E-state index contributed by atoms with van der Waals surface area (Å²) in [7, 11) is 0. The molecule has 0 spiro atoms. The Bertz CT molecular complexity index is 540. The minimum Gasteiger partial charge on any atom is -0.336 e. The lowest BCUT2D eigenvalue weighted by Gasteiger charge is -2.36. The van der Waals surface area contributed by atoms with Crippen molar-refractivity contribution in [2.45, 2.75) is 25.9 Å². The molecule has 0 aromatic heterocycles. The fourth-order valence-corrected chi connectivity index (χ4v) is 2.48. The second kappa shape index (κ2) is 5.54. The summed E-state index contributed by atoms with van der Waals surface area (Å²) in [5.41, 5.74) is -0.400. The number of nitrogens with zero attached hydrogens (tertiary/aromatic N) is 2. The zero-order chi connectivity index (χ0) is 14.9. The summed E-state index contributed by atoms with van der Waals surface area (Å²) in [6.45, 7) is 4.88. The maximum atomic E-state index is 13.4. The molecule has 2 atom stereocenters. The van der Waals surface area contributed by atoms with Crippen LogP contribution in [0.1, 0.15) is 24.2 Å². The van der Waals surface area contributed by atoms with E-state index in [9.17, 15) is 19.3 Å². The molecule has 1 aliphatic heterocycles. The van der Waals surface area contributed by atoms with Gasteiger partial charge in [-0.3, -0.25) is 14.9 Å². The van der Waals surface area contributed by atoms with Gasteiger partial charge in [-0.05, 0) is 19.9 Å². The van der Waals surface area contributed by atoms with Crippen LogP contribution < -0.4 is 5.32 Å². The van der Waals surface area contributed by atoms with E-state index in [1.54, 1.807) is 4.90 Å². The molecule has 1 aliphatic rings. The SMILES string of the molecule is CC1CN(C(=O)c2cc(F)cc([N+](=O)[O-])c2)CC(C)N1. The van der Waals surface area contributed by atoms with E-state index in [1.807, 2.05) is 13.8 Å². The molecule has 7 heteroatoms. The summed E-state index contributed by atoms with van der Waals surface area (Å²) in [5.74, 6) is -1.16. The highest BCUT2D eigenvalue weighted by molar-refractivity contribution is 5.95. The normalized spacial score (nSPS) is 22.6. The number of non-ortho nitro benzene ring substituents is 1. The lowest BCUT2D eigenvalue weighted by Crippen LogP contribution is -2.55. The Balaban J connectivity index is 2.26. The van der Waals surface area contributed by atoms with Crippen LogP contribution in [0.2, 0.25) is 0 Å². The molecule has 0 aliphatic carbocycles. The zero-order valence-corrected chi connectivity index (χ0v) is 11.3. The smallest absolute Gasteiger partial charge is 0.273 e. The van der Waals surface area contributed by atoms with Gasteiger partial charge in [0, 0.05) is 36.8 Å². The largest absolute Gasteiger partial charge is 0.336 e. The van der Waals surface area contributed by atoms with Gasteiger partial charge < -0.3 is 10.2 Å². The van der Waals surface area contributed by atoms with Crippen molar-refractivity contribution in [3.8, 4) is 0 Å². The molecule has 0 bridgehead atoms. The van der Waals surface area contributed by atoms with Crippen LogP contribution in [-0.4, -0.2) is 40.9 Å². The van der Waals surface area contributed by atoms with Crippen molar-refractivity contribution in [2.75, 3.05) is 13.1 Å². The number of piperazine rings is 1. The van der Waals surface area contributed by atoms with Gasteiger partial charge in [-0.2, -0.15) is 0 Å². The van der Waals surface area contributed by atoms with E-state index >= 15 is 0 Å². The molecule has 1 aromatic carbocycles. The highest BCUT2D eigenvalue weighted by Crippen LogP contribution is 2.18. The number of hydrogen-bond donors (Lipinski definition) is 1. The quantitative estimate of drug-likeness (QED) is 0.659. The number of nitrogens with one attached hydrogen (secondary N) is 1. The predicted molar refractivity (Wildman–Crippen MR) is 71.0 cm³/mol. The van der Waals surface area contributed by atoms with Crippen molar-refractivity contribution in [1.29, 1.82) is 0 Å². The van der Waals surface area contributed by atoms with Crippen molar-refractivity contribution in [3.63, 3.8) is 0 Å². The average Bonchev–Trinajstić information content (AvgIpc) is 2.35. The van der Waals surface area contributed by atoms with Gasteiger partial charge in [0.1, 0.15) is 5.82 Å². The van der Waals surface area contributed by atoms with Crippen LogP contribution in [0.25, 0.3) is 0 Å². The van der Waals surface area contributed by atoms with Crippen LogP contribution in [0.5, 0.6) is 0 Å². The Hall–Kier alpha value is -2.02. The lowest BCUT2D eigenvalue weighted by molar-refractivity contribution is -0.385. The van der Waals surface area contributed by atoms with Crippen molar-refractivity contribution < 1.29 is 14.1 Å². The zero-order valence-electron chi connectivity index (χ0n) is 11.3. The Morgan fingerprint density at radius 2 is 1.95 bits per heavy atom. The van der Waals surface area contributed by atoms with Gasteiger partial charge in [0.15, 0.2) is 0 Å². The summed E-state index contributed by atoms with van der Waals surface area (Å²) in [6.07, 6.45) is 0. The van der Waals surface area contributed by atoms with Crippen LogP contribution in [0.3, 0.4) is 0 Å². The number of hydrogen-bond acceptors (Lipinski definition) is 4. The molecule has 0 radical (unpaired) electrons. The van der Waals surface area contributed by atoms with Crippen LogP contribution in [0.15, 0.2) is 18.2 Å². The fraction of sp³-hybridized carbons (Fsp3) is 0.462. The maximum absolute atomic E-state index is 13.4. The van der Waals surface area contributed by atoms with E-state index in [1.165, 1.54) is 0 Å². The van der Waals surface area contributed by atoms with E-state index in [0.29, 0.717) is 13.1 Å². The van der Waals surface area contributed by atoms with Gasteiger partial charge in [-0.25, -0.2) is 4.39 Å². The standard InChI is InChI=1S/C13H16FN3O3/c1-8-6-16(7-9(2)15-8)13(18)10-3-11(14)5-12(4-10)17(19)20/h3-5,8-9,15H,6-7H2,1-2H3. The highest BCUT2D eigenvalue weighted by Gasteiger charge is 2.26. The molecule has 1 aromatic rings. The number of benzene rings is 1. The molecule has 2 rings (SSSR count). The molecule has 1 amide bonds. The van der Waals surface area contributed by atoms with Gasteiger partial charge in [0.05, 0.1) is 11.0 Å². The molecule has 0 saturated carbocycles. The molecule has 1 fully saturated rings. The minimum absolute atomic E-state index is 0.0120. The number of rotatable bonds is 2. The van der Waals surface area contributed by atoms with Crippen molar-refractivity contribution >= 4 is 11.6 Å². The molecule has 1 saturated heterocycles. The third kappa shape index (κ3) is 3.11. The maximum Gasteiger partial charge on any atom is 0.273 e. The Morgan fingerprint density at radius 1 is 1.35 bits per heavy atom. The summed E-state index contributed by atoms with van der Waals surface area (Å²) >= 11 is 0. The van der Waals surface area contributed by atoms with E-state index in [4.69, 9.17) is 0 Å². The van der Waals surface area contributed by atoms with E-state index in [0.717, 1.165) is 18.2 Å². The third-order valence-electron chi connectivity index (χ3n) is 3.19. The van der Waals surface area contributed by atoms with Gasteiger partial charge in [-0.1, -0.05) is 0 Å². The number of carbonyl (C=O) groups is 1. The van der Waals surface area contributed by atoms with Crippen LogP contribution >= 0.6 is 0 Å². The van der Waals surface area contributed by atoms with Gasteiger partial charge in [0.25, 0.3) is 11.6 Å². The first-order valence-electron chi connectivity index (χ1n) is 6.37. The Kier molecular flexibility index (Phi) is 3.99. The molecular weight excluding hydrogens is 265 g/mol. The first-order chi connectivity index (χ1) is 9.36. The molecule has 2 unspecified atom stereocenters. The molecule has 6 nitrogen and oxygen atoms in total. The predicted octanol–water partition coefficient (Wildman–Crippen LogP) is 1.56. The summed E-state index contributed by atoms with van der Waals surface area (Å²) < 4.78 is 13.4. The first-order valence-corrected chi connectivity index (χ1v) is 6.37. The number of nitro benzene ring substituents is 1. The van der Waals surface area contributed by atoms with Gasteiger partial charge >= 0.3 is 0 Å². The Morgan fingerprint density at radius 3 is 2.50 bits per heavy atom. The monoisotopic (exact) mass is 281 g/mol. The van der Waals surface area contributed by atoms with Crippen LogP contribution in [0.4, 0.5) is 10.1 Å². The van der Waals surface area contributed by atoms with E-state index in [-0.39, 0.29) is 23.6 Å². The first kappa shape index (κ1) is 14.4. The summed E-state index contributed by atoms with van der Waals surface area (Å²) in [4.78, 5) is 23.9. The van der Waals surface area contributed by atoms with E-state index in [2.05, 4.69) is 5.32 Å². The number of carbonyl (C=O) groups excluding carboxylic acids is 1. The van der Waals surface area contributed by atoms with Crippen molar-refractivity contribution in [3.05, 3.63) is 39.7 Å². The van der Waals surface area contributed by atoms with Crippen molar-refractivity contribution in [2.24, 2.45) is 0 Å². The van der Waals surface area contributed by atoms with Gasteiger partial charge in [0.2, 0.25) is 0 Å². The van der Waals surface area contributed by atoms with E-state index < -0.39 is 16.4 Å². The average molecular weight is 281 g/mol. The summed E-state index contributed by atoms with van der Waals surface area (Å²) in [5, 5.41) is 14.0. The topological polar surface area (TPSA) is 75.5 Å². The third-order valence-corrected chi connectivity index (χ3v) is 3.19. The molecule has 1 heterocycles. The molecule has 20 heavy (non-hydrogen) atoms. The number of halogens is 1. The second-order valence-corrected chi connectivity index (χ2v) is 5.13. The van der Waals surface area contributed by atoms with Crippen molar-refractivity contribution in [1.82, 2.24) is 10.2 Å². The Labute approximate surface area is 115 Å². The number of nitro groups is 1. The molecule has 1 N–H and O–H groups in total. The molecule has 108 valence electrons. The molecular formula is C13H16FN3O3. The van der Waals surface area contributed by atoms with Crippen LogP contribution in [-0.2, 0) is 0 Å². The fourth-order valence-electron chi connectivity index (χ4n) is 2.48. The van der Waals surface area contributed by atoms with Gasteiger partial charge in [-0.15, -0.1) is 0 Å². The lowest BCUT2D eigenvalue weighted by atomic mass is 10.1. The second-order valence-electron chi connectivity index (χ2n) is 5.13. The summed E-state index contributed by atoms with van der Waals surface area (Å²) in [6, 6.07) is 3.22. The number of amides is 1. The minimum atomic E-state index is -0.779.